The van der Waals surface area contributed by atoms with Gasteiger partial charge in [0.1, 0.15) is 6.07 Å². The first-order valence-corrected chi connectivity index (χ1v) is 4.66. The van der Waals surface area contributed by atoms with E-state index in [9.17, 15) is 10.1 Å². The molecular weight excluding hydrogens is 303 g/mol. The zero-order chi connectivity index (χ0) is 10.0. The van der Waals surface area contributed by atoms with E-state index in [4.69, 9.17) is 5.26 Å². The average molecular weight is 306 g/mol. The lowest BCUT2D eigenvalue weighted by Crippen LogP contribution is -1.93. The van der Waals surface area contributed by atoms with Gasteiger partial charge in [-0.15, -0.1) is 12.6 Å². The van der Waals surface area contributed by atoms with Crippen LogP contribution in [0.1, 0.15) is 5.56 Å². The number of nitriles is 1. The van der Waals surface area contributed by atoms with Crippen LogP contribution >= 0.6 is 35.2 Å². The largest absolute Gasteiger partial charge is 0.284 e. The zero-order valence-corrected chi connectivity index (χ0v) is 9.24. The number of benzene rings is 1. The van der Waals surface area contributed by atoms with Crippen LogP contribution in [0.4, 0.5) is 5.69 Å². The van der Waals surface area contributed by atoms with Crippen molar-refractivity contribution in [2.24, 2.45) is 0 Å². The minimum absolute atomic E-state index is 0.0602. The van der Waals surface area contributed by atoms with Crippen molar-refractivity contribution in [2.75, 3.05) is 0 Å². The SMILES string of the molecule is N#Cc1cc([N+](=O)[O-])c(I)cc1S. The van der Waals surface area contributed by atoms with Gasteiger partial charge in [0.25, 0.3) is 5.69 Å². The summed E-state index contributed by atoms with van der Waals surface area (Å²) in [5, 5.41) is 19.1. The average Bonchev–Trinajstić information content (AvgIpc) is 2.03. The van der Waals surface area contributed by atoms with Crippen LogP contribution in [-0.4, -0.2) is 4.92 Å². The molecule has 0 aromatic heterocycles. The Labute approximate surface area is 93.3 Å². The van der Waals surface area contributed by atoms with Gasteiger partial charge in [-0.3, -0.25) is 10.1 Å². The fourth-order valence-electron chi connectivity index (χ4n) is 0.781. The van der Waals surface area contributed by atoms with Gasteiger partial charge in [-0.1, -0.05) is 0 Å². The van der Waals surface area contributed by atoms with E-state index in [-0.39, 0.29) is 11.3 Å². The third kappa shape index (κ3) is 2.10. The fraction of sp³-hybridized carbons (Fsp3) is 0. The van der Waals surface area contributed by atoms with Crippen molar-refractivity contribution >= 4 is 40.9 Å². The maximum atomic E-state index is 10.5. The number of nitro benzene ring substituents is 1. The standard InChI is InChI=1S/C7H3IN2O2S/c8-5-2-7(13)4(3-9)1-6(5)10(11)12/h1-2,13H. The molecule has 1 rings (SSSR count). The van der Waals surface area contributed by atoms with Gasteiger partial charge >= 0.3 is 0 Å². The summed E-state index contributed by atoms with van der Waals surface area (Å²) in [6, 6.07) is 4.56. The Bertz CT molecular complexity index is 414. The maximum Gasteiger partial charge on any atom is 0.284 e. The van der Waals surface area contributed by atoms with Crippen LogP contribution in [0.5, 0.6) is 0 Å². The van der Waals surface area contributed by atoms with E-state index in [1.807, 2.05) is 28.7 Å². The lowest BCUT2D eigenvalue weighted by Gasteiger charge is -1.98. The molecule has 0 amide bonds. The lowest BCUT2D eigenvalue weighted by molar-refractivity contribution is -0.385. The highest BCUT2D eigenvalue weighted by Gasteiger charge is 2.14. The molecule has 0 aliphatic carbocycles. The van der Waals surface area contributed by atoms with Crippen molar-refractivity contribution in [1.29, 1.82) is 5.26 Å². The second-order valence-electron chi connectivity index (χ2n) is 2.19. The highest BCUT2D eigenvalue weighted by molar-refractivity contribution is 14.1. The molecule has 0 saturated carbocycles. The van der Waals surface area contributed by atoms with Crippen molar-refractivity contribution in [2.45, 2.75) is 4.90 Å². The minimum Gasteiger partial charge on any atom is -0.258 e. The van der Waals surface area contributed by atoms with E-state index in [0.717, 1.165) is 0 Å². The lowest BCUT2D eigenvalue weighted by atomic mass is 10.2. The van der Waals surface area contributed by atoms with Crippen LogP contribution in [0.25, 0.3) is 0 Å². The summed E-state index contributed by atoms with van der Waals surface area (Å²) in [6.45, 7) is 0. The molecule has 66 valence electrons. The van der Waals surface area contributed by atoms with E-state index in [1.165, 1.54) is 12.1 Å². The van der Waals surface area contributed by atoms with Gasteiger partial charge in [-0.2, -0.15) is 5.26 Å². The highest BCUT2D eigenvalue weighted by Crippen LogP contribution is 2.26. The molecule has 4 nitrogen and oxygen atoms in total. The van der Waals surface area contributed by atoms with E-state index < -0.39 is 4.92 Å². The number of hydrogen-bond acceptors (Lipinski definition) is 4. The number of hydrogen-bond donors (Lipinski definition) is 1. The van der Waals surface area contributed by atoms with Gasteiger partial charge in [0.2, 0.25) is 0 Å². The molecule has 0 aliphatic rings. The molecule has 0 N–H and O–H groups in total. The molecule has 0 aliphatic heterocycles. The topological polar surface area (TPSA) is 66.9 Å². The van der Waals surface area contributed by atoms with Crippen LogP contribution < -0.4 is 0 Å². The molecule has 1 aromatic carbocycles. The summed E-state index contributed by atoms with van der Waals surface area (Å²) in [6.07, 6.45) is 0. The quantitative estimate of drug-likeness (QED) is 0.375. The molecule has 0 saturated heterocycles. The number of nitrogens with zero attached hydrogens (tertiary/aromatic N) is 2. The van der Waals surface area contributed by atoms with Crippen LogP contribution in [0, 0.1) is 25.0 Å². The molecule has 0 spiro atoms. The first-order valence-electron chi connectivity index (χ1n) is 3.13. The zero-order valence-electron chi connectivity index (χ0n) is 6.19. The van der Waals surface area contributed by atoms with E-state index in [0.29, 0.717) is 8.47 Å². The second-order valence-corrected chi connectivity index (χ2v) is 3.83. The number of halogens is 1. The van der Waals surface area contributed by atoms with E-state index >= 15 is 0 Å². The Morgan fingerprint density at radius 2 is 2.23 bits per heavy atom. The van der Waals surface area contributed by atoms with Crippen LogP contribution in [-0.2, 0) is 0 Å². The van der Waals surface area contributed by atoms with Crippen LogP contribution in [0.3, 0.4) is 0 Å². The van der Waals surface area contributed by atoms with Crippen LogP contribution in [0.2, 0.25) is 0 Å². The second kappa shape index (κ2) is 3.93. The molecule has 0 radical (unpaired) electrons. The molecule has 0 fully saturated rings. The van der Waals surface area contributed by atoms with E-state index in [2.05, 4.69) is 12.6 Å². The number of nitro groups is 1. The Kier molecular flexibility index (Phi) is 3.11. The predicted octanol–water partition coefficient (Wildman–Crippen LogP) is 2.36. The summed E-state index contributed by atoms with van der Waals surface area (Å²) in [7, 11) is 0. The Hall–Kier alpha value is -0.810. The van der Waals surface area contributed by atoms with Gasteiger partial charge in [-0.25, -0.2) is 0 Å². The number of thiol groups is 1. The third-order valence-corrected chi connectivity index (χ3v) is 2.62. The smallest absolute Gasteiger partial charge is 0.258 e. The Morgan fingerprint density at radius 3 is 2.69 bits per heavy atom. The molecular formula is C7H3IN2O2S. The third-order valence-electron chi connectivity index (χ3n) is 1.38. The minimum atomic E-state index is -0.518. The maximum absolute atomic E-state index is 10.5. The molecule has 6 heteroatoms. The highest BCUT2D eigenvalue weighted by atomic mass is 127. The first-order chi connectivity index (χ1) is 6.06. The summed E-state index contributed by atoms with van der Waals surface area (Å²) in [5.41, 5.74) is 0.158. The molecule has 0 atom stereocenters. The summed E-state index contributed by atoms with van der Waals surface area (Å²) in [4.78, 5) is 10.4. The van der Waals surface area contributed by atoms with Crippen molar-refractivity contribution in [3.63, 3.8) is 0 Å². The monoisotopic (exact) mass is 306 g/mol. The number of rotatable bonds is 1. The van der Waals surface area contributed by atoms with Gasteiger partial charge < -0.3 is 0 Å². The summed E-state index contributed by atoms with van der Waals surface area (Å²) in [5.74, 6) is 0. The van der Waals surface area contributed by atoms with Crippen molar-refractivity contribution < 1.29 is 4.92 Å². The van der Waals surface area contributed by atoms with E-state index in [1.54, 1.807) is 0 Å². The van der Waals surface area contributed by atoms with Gasteiger partial charge in [0.15, 0.2) is 0 Å². The van der Waals surface area contributed by atoms with Crippen molar-refractivity contribution in [3.8, 4) is 6.07 Å². The van der Waals surface area contributed by atoms with Crippen molar-refractivity contribution in [1.82, 2.24) is 0 Å². The molecule has 0 bridgehead atoms. The first kappa shape index (κ1) is 10.3. The van der Waals surface area contributed by atoms with Crippen molar-refractivity contribution in [3.05, 3.63) is 31.4 Å². The molecule has 0 heterocycles. The predicted molar refractivity (Wildman–Crippen MR) is 57.8 cm³/mol. The summed E-state index contributed by atoms with van der Waals surface area (Å²) < 4.78 is 0.478. The normalized spacial score (nSPS) is 9.31. The van der Waals surface area contributed by atoms with Crippen LogP contribution in [0.15, 0.2) is 17.0 Å². The molecule has 0 unspecified atom stereocenters. The Balaban J connectivity index is 3.41. The summed E-state index contributed by atoms with van der Waals surface area (Å²) >= 11 is 5.85. The van der Waals surface area contributed by atoms with Gasteiger partial charge in [0, 0.05) is 11.0 Å². The Morgan fingerprint density at radius 1 is 1.62 bits per heavy atom. The van der Waals surface area contributed by atoms with Gasteiger partial charge in [0.05, 0.1) is 14.1 Å². The fourth-order valence-corrected chi connectivity index (χ4v) is 1.93. The molecule has 13 heavy (non-hydrogen) atoms. The molecule has 1 aromatic rings. The van der Waals surface area contributed by atoms with Gasteiger partial charge in [-0.05, 0) is 28.7 Å².